The summed E-state index contributed by atoms with van der Waals surface area (Å²) in [6.07, 6.45) is 2.47. The van der Waals surface area contributed by atoms with Crippen molar-refractivity contribution in [2.45, 2.75) is 52.5 Å². The summed E-state index contributed by atoms with van der Waals surface area (Å²) >= 11 is 0. The number of hydrogen-bond donors (Lipinski definition) is 2. The number of rotatable bonds is 5. The van der Waals surface area contributed by atoms with Crippen molar-refractivity contribution in [3.05, 3.63) is 41.1 Å². The third-order valence-electron chi connectivity index (χ3n) is 4.03. The molecule has 2 N–H and O–H groups in total. The average Bonchev–Trinajstić information content (AvgIpc) is 3.27. The van der Waals surface area contributed by atoms with Crippen LogP contribution in [0.2, 0.25) is 0 Å². The zero-order valence-corrected chi connectivity index (χ0v) is 13.8. The van der Waals surface area contributed by atoms with Crippen LogP contribution in [-0.4, -0.2) is 16.0 Å². The molecule has 1 heterocycles. The van der Waals surface area contributed by atoms with Gasteiger partial charge in [-0.2, -0.15) is 4.98 Å². The first-order valence-corrected chi connectivity index (χ1v) is 8.01. The van der Waals surface area contributed by atoms with E-state index in [9.17, 15) is 0 Å². The molecule has 1 aliphatic carbocycles. The Bertz CT molecular complexity index is 675. The van der Waals surface area contributed by atoms with Gasteiger partial charge in [0.2, 0.25) is 5.95 Å². The molecule has 4 nitrogen and oxygen atoms in total. The van der Waals surface area contributed by atoms with Gasteiger partial charge in [0.05, 0.1) is 5.69 Å². The quantitative estimate of drug-likeness (QED) is 0.850. The van der Waals surface area contributed by atoms with Crippen LogP contribution in [0, 0.1) is 13.8 Å². The molecule has 0 amide bonds. The van der Waals surface area contributed by atoms with E-state index in [0.717, 1.165) is 17.2 Å². The molecule has 0 atom stereocenters. The van der Waals surface area contributed by atoms with Gasteiger partial charge < -0.3 is 10.6 Å². The predicted molar refractivity (Wildman–Crippen MR) is 92.0 cm³/mol. The highest BCUT2D eigenvalue weighted by Crippen LogP contribution is 2.40. The van der Waals surface area contributed by atoms with Crippen LogP contribution in [0.1, 0.15) is 49.4 Å². The molecule has 22 heavy (non-hydrogen) atoms. The zero-order valence-electron chi connectivity index (χ0n) is 13.8. The van der Waals surface area contributed by atoms with Crippen LogP contribution in [0.15, 0.2) is 24.3 Å². The first kappa shape index (κ1) is 14.8. The second-order valence-corrected chi connectivity index (χ2v) is 6.45. The van der Waals surface area contributed by atoms with Crippen molar-refractivity contribution < 1.29 is 0 Å². The molecule has 1 aliphatic rings. The summed E-state index contributed by atoms with van der Waals surface area (Å²) in [6, 6.07) is 8.70. The highest BCUT2D eigenvalue weighted by molar-refractivity contribution is 5.63. The van der Waals surface area contributed by atoms with Crippen LogP contribution in [0.25, 0.3) is 0 Å². The fraction of sp³-hybridized carbons (Fsp3) is 0.444. The molecular formula is C18H24N4. The Balaban J connectivity index is 1.91. The predicted octanol–water partition coefficient (Wildman–Crippen LogP) is 4.53. The van der Waals surface area contributed by atoms with Crippen LogP contribution in [0.4, 0.5) is 17.5 Å². The second kappa shape index (κ2) is 5.95. The van der Waals surface area contributed by atoms with Crippen molar-refractivity contribution in [1.29, 1.82) is 0 Å². The van der Waals surface area contributed by atoms with Crippen LogP contribution in [0.3, 0.4) is 0 Å². The summed E-state index contributed by atoms with van der Waals surface area (Å²) in [7, 11) is 0. The van der Waals surface area contributed by atoms with Crippen LogP contribution < -0.4 is 10.6 Å². The Morgan fingerprint density at radius 2 is 1.91 bits per heavy atom. The number of benzene rings is 1. The van der Waals surface area contributed by atoms with Gasteiger partial charge in [0, 0.05) is 23.7 Å². The summed E-state index contributed by atoms with van der Waals surface area (Å²) in [5.74, 6) is 2.19. The maximum Gasteiger partial charge on any atom is 0.225 e. The molecule has 1 aromatic heterocycles. The molecule has 1 aromatic carbocycles. The van der Waals surface area contributed by atoms with Crippen molar-refractivity contribution in [3.8, 4) is 0 Å². The van der Waals surface area contributed by atoms with Gasteiger partial charge >= 0.3 is 0 Å². The van der Waals surface area contributed by atoms with E-state index in [1.165, 1.54) is 24.0 Å². The average molecular weight is 296 g/mol. The minimum Gasteiger partial charge on any atom is -0.352 e. The topological polar surface area (TPSA) is 49.8 Å². The van der Waals surface area contributed by atoms with E-state index in [4.69, 9.17) is 0 Å². The van der Waals surface area contributed by atoms with Gasteiger partial charge in [-0.1, -0.05) is 12.1 Å². The van der Waals surface area contributed by atoms with E-state index in [-0.39, 0.29) is 0 Å². The molecule has 3 rings (SSSR count). The molecule has 1 fully saturated rings. The third kappa shape index (κ3) is 3.38. The molecule has 0 radical (unpaired) electrons. The highest BCUT2D eigenvalue weighted by Gasteiger charge is 2.26. The van der Waals surface area contributed by atoms with E-state index in [0.29, 0.717) is 17.9 Å². The lowest BCUT2D eigenvalue weighted by Crippen LogP contribution is -2.14. The van der Waals surface area contributed by atoms with Gasteiger partial charge in [-0.3, -0.25) is 0 Å². The van der Waals surface area contributed by atoms with E-state index in [1.807, 2.05) is 0 Å². The van der Waals surface area contributed by atoms with Crippen LogP contribution >= 0.6 is 0 Å². The molecular weight excluding hydrogens is 272 g/mol. The number of aryl methyl sites for hydroxylation is 1. The Morgan fingerprint density at radius 3 is 2.59 bits per heavy atom. The SMILES string of the molecule is Cc1cccc(Nc2cc(C3CC3)nc(NC(C)C)n2)c1C. The fourth-order valence-corrected chi connectivity index (χ4v) is 2.47. The standard InChI is InChI=1S/C18H24N4/c1-11(2)19-18-21-16(14-8-9-14)10-17(22-18)20-15-7-5-6-12(3)13(15)4/h5-7,10-11,14H,8-9H2,1-4H3,(H2,19,20,21,22). The normalized spacial score (nSPS) is 14.2. The van der Waals surface area contributed by atoms with Gasteiger partial charge in [-0.15, -0.1) is 0 Å². The van der Waals surface area contributed by atoms with Crippen molar-refractivity contribution in [2.24, 2.45) is 0 Å². The van der Waals surface area contributed by atoms with Crippen molar-refractivity contribution in [3.63, 3.8) is 0 Å². The van der Waals surface area contributed by atoms with Crippen molar-refractivity contribution >= 4 is 17.5 Å². The van der Waals surface area contributed by atoms with Gasteiger partial charge in [-0.05, 0) is 57.7 Å². The van der Waals surface area contributed by atoms with Crippen LogP contribution in [0.5, 0.6) is 0 Å². The Hall–Kier alpha value is -2.10. The van der Waals surface area contributed by atoms with E-state index >= 15 is 0 Å². The van der Waals surface area contributed by atoms with E-state index < -0.39 is 0 Å². The number of anilines is 3. The molecule has 4 heteroatoms. The molecule has 2 aromatic rings. The number of nitrogens with zero attached hydrogens (tertiary/aromatic N) is 2. The van der Waals surface area contributed by atoms with Crippen LogP contribution in [-0.2, 0) is 0 Å². The lowest BCUT2D eigenvalue weighted by Gasteiger charge is -2.14. The smallest absolute Gasteiger partial charge is 0.225 e. The maximum atomic E-state index is 4.65. The molecule has 1 saturated carbocycles. The summed E-state index contributed by atoms with van der Waals surface area (Å²) in [5.41, 5.74) is 4.79. The minimum atomic E-state index is 0.322. The molecule has 0 unspecified atom stereocenters. The van der Waals surface area contributed by atoms with Gasteiger partial charge in [0.15, 0.2) is 0 Å². The largest absolute Gasteiger partial charge is 0.352 e. The van der Waals surface area contributed by atoms with Gasteiger partial charge in [0.1, 0.15) is 5.82 Å². The number of aromatic nitrogens is 2. The second-order valence-electron chi connectivity index (χ2n) is 6.45. The third-order valence-corrected chi connectivity index (χ3v) is 4.03. The number of nitrogens with one attached hydrogen (secondary N) is 2. The molecule has 0 aliphatic heterocycles. The number of hydrogen-bond acceptors (Lipinski definition) is 4. The van der Waals surface area contributed by atoms with Gasteiger partial charge in [-0.25, -0.2) is 4.98 Å². The zero-order chi connectivity index (χ0) is 15.7. The maximum absolute atomic E-state index is 4.65. The Kier molecular flexibility index (Phi) is 4.01. The lowest BCUT2D eigenvalue weighted by atomic mass is 10.1. The summed E-state index contributed by atoms with van der Waals surface area (Å²) < 4.78 is 0. The molecule has 0 spiro atoms. The minimum absolute atomic E-state index is 0.322. The van der Waals surface area contributed by atoms with Gasteiger partial charge in [0.25, 0.3) is 0 Å². The van der Waals surface area contributed by atoms with Crippen molar-refractivity contribution in [2.75, 3.05) is 10.6 Å². The highest BCUT2D eigenvalue weighted by atomic mass is 15.2. The summed E-state index contributed by atoms with van der Waals surface area (Å²) in [6.45, 7) is 8.46. The lowest BCUT2D eigenvalue weighted by molar-refractivity contribution is 0.864. The van der Waals surface area contributed by atoms with Crippen molar-refractivity contribution in [1.82, 2.24) is 9.97 Å². The molecule has 116 valence electrons. The monoisotopic (exact) mass is 296 g/mol. The summed E-state index contributed by atoms with van der Waals surface area (Å²) in [5, 5.41) is 6.78. The Morgan fingerprint density at radius 1 is 1.14 bits per heavy atom. The van der Waals surface area contributed by atoms with E-state index in [2.05, 4.69) is 72.6 Å². The fourth-order valence-electron chi connectivity index (χ4n) is 2.47. The summed E-state index contributed by atoms with van der Waals surface area (Å²) in [4.78, 5) is 9.27. The molecule has 0 saturated heterocycles. The first-order chi connectivity index (χ1) is 10.5. The van der Waals surface area contributed by atoms with E-state index in [1.54, 1.807) is 0 Å². The molecule has 0 bridgehead atoms. The Labute approximate surface area is 132 Å². The first-order valence-electron chi connectivity index (χ1n) is 8.01.